The summed E-state index contributed by atoms with van der Waals surface area (Å²) in [6.07, 6.45) is 3.86. The molecule has 0 saturated carbocycles. The predicted molar refractivity (Wildman–Crippen MR) is 147 cm³/mol. The van der Waals surface area contributed by atoms with Crippen LogP contribution in [0.3, 0.4) is 0 Å². The van der Waals surface area contributed by atoms with E-state index in [1.807, 2.05) is 42.6 Å². The van der Waals surface area contributed by atoms with Gasteiger partial charge in [-0.2, -0.15) is 0 Å². The van der Waals surface area contributed by atoms with E-state index in [0.717, 1.165) is 36.8 Å². The second-order valence-corrected chi connectivity index (χ2v) is 12.4. The van der Waals surface area contributed by atoms with Gasteiger partial charge in [-0.05, 0) is 62.3 Å². The number of amides is 1. The van der Waals surface area contributed by atoms with E-state index in [1.54, 1.807) is 4.68 Å². The molecule has 3 aromatic rings. The van der Waals surface area contributed by atoms with E-state index in [2.05, 4.69) is 59.6 Å². The van der Waals surface area contributed by atoms with Crippen LogP contribution >= 0.6 is 11.9 Å². The quantitative estimate of drug-likeness (QED) is 0.468. The highest BCUT2D eigenvalue weighted by atomic mass is 32.2. The summed E-state index contributed by atoms with van der Waals surface area (Å²) in [6.45, 7) is 13.0. The number of anilines is 2. The SMILES string of the molecule is CC(C)(C)COc1ccn(-c2ccc3c(n2)N2CC(CCNc4cccc(n4)SNC3=O)CC2(C)C)n1. The van der Waals surface area contributed by atoms with Gasteiger partial charge in [0.25, 0.3) is 5.91 Å². The molecule has 1 fully saturated rings. The Bertz CT molecular complexity index is 1280. The third-order valence-electron chi connectivity index (χ3n) is 6.60. The van der Waals surface area contributed by atoms with Crippen LogP contribution < -0.4 is 19.7 Å². The van der Waals surface area contributed by atoms with Crippen molar-refractivity contribution in [1.29, 1.82) is 0 Å². The van der Waals surface area contributed by atoms with Gasteiger partial charge in [0.15, 0.2) is 5.82 Å². The molecule has 4 bridgehead atoms. The largest absolute Gasteiger partial charge is 0.476 e. The number of carbonyl (C=O) groups is 1. The van der Waals surface area contributed by atoms with Crippen LogP contribution in [0.15, 0.2) is 47.6 Å². The zero-order valence-corrected chi connectivity index (χ0v) is 22.9. The minimum absolute atomic E-state index is 0.0347. The van der Waals surface area contributed by atoms with E-state index in [4.69, 9.17) is 9.72 Å². The monoisotopic (exact) mass is 521 g/mol. The molecule has 1 unspecified atom stereocenters. The Labute approximate surface area is 222 Å². The molecule has 0 radical (unpaired) electrons. The van der Waals surface area contributed by atoms with Crippen molar-refractivity contribution >= 4 is 29.5 Å². The molecule has 0 aromatic carbocycles. The van der Waals surface area contributed by atoms with Crippen molar-refractivity contribution in [2.45, 2.75) is 58.0 Å². The van der Waals surface area contributed by atoms with Crippen LogP contribution in [0.5, 0.6) is 5.88 Å². The number of nitrogens with one attached hydrogen (secondary N) is 2. The minimum Gasteiger partial charge on any atom is -0.476 e. The van der Waals surface area contributed by atoms with Crippen molar-refractivity contribution in [2.24, 2.45) is 11.3 Å². The van der Waals surface area contributed by atoms with Gasteiger partial charge in [0.05, 0.1) is 12.2 Å². The summed E-state index contributed by atoms with van der Waals surface area (Å²) in [6, 6.07) is 11.3. The maximum absolute atomic E-state index is 13.4. The summed E-state index contributed by atoms with van der Waals surface area (Å²) in [7, 11) is 0. The molecule has 5 heterocycles. The third kappa shape index (κ3) is 5.84. The molecule has 1 amide bonds. The Morgan fingerprint density at radius 2 is 2.00 bits per heavy atom. The number of pyridine rings is 2. The molecular weight excluding hydrogens is 486 g/mol. The van der Waals surface area contributed by atoms with E-state index < -0.39 is 0 Å². The van der Waals surface area contributed by atoms with E-state index in [1.165, 1.54) is 11.9 Å². The Kier molecular flexibility index (Phi) is 6.78. The van der Waals surface area contributed by atoms with Crippen LogP contribution in [0.4, 0.5) is 11.6 Å². The first-order chi connectivity index (χ1) is 17.6. The van der Waals surface area contributed by atoms with Crippen LogP contribution in [0.25, 0.3) is 5.82 Å². The summed E-state index contributed by atoms with van der Waals surface area (Å²) in [4.78, 5) is 25.3. The van der Waals surface area contributed by atoms with Gasteiger partial charge in [-0.1, -0.05) is 26.8 Å². The van der Waals surface area contributed by atoms with E-state index in [0.29, 0.717) is 35.6 Å². The number of aromatic nitrogens is 4. The Balaban J connectivity index is 1.49. The second kappa shape index (κ2) is 9.89. The van der Waals surface area contributed by atoms with Gasteiger partial charge >= 0.3 is 0 Å². The standard InChI is InChI=1S/C27H35N7O2S/c1-26(2,3)17-36-22-12-14-34(31-22)21-10-9-19-24(30-21)33-16-18(15-27(33,4)5)11-13-28-20-7-6-8-23(29-20)37-32-25(19)35/h6-10,12,14,18H,11,13,15-17H2,1-5H3,(H,28,29)(H,32,35). The highest BCUT2D eigenvalue weighted by Crippen LogP contribution is 2.39. The lowest BCUT2D eigenvalue weighted by Gasteiger charge is -2.34. The highest BCUT2D eigenvalue weighted by molar-refractivity contribution is 7.97. The number of hydrogen-bond donors (Lipinski definition) is 2. The molecule has 2 aliphatic rings. The molecule has 0 aliphatic carbocycles. The molecule has 0 spiro atoms. The smallest absolute Gasteiger partial charge is 0.265 e. The van der Waals surface area contributed by atoms with Crippen molar-refractivity contribution in [3.63, 3.8) is 0 Å². The van der Waals surface area contributed by atoms with Crippen molar-refractivity contribution < 1.29 is 9.53 Å². The number of fused-ring (bicyclic) bond motifs is 6. The second-order valence-electron chi connectivity index (χ2n) is 11.6. The summed E-state index contributed by atoms with van der Waals surface area (Å²) >= 11 is 1.21. The Morgan fingerprint density at radius 1 is 1.16 bits per heavy atom. The fourth-order valence-electron chi connectivity index (χ4n) is 4.83. The minimum atomic E-state index is -0.204. The molecule has 9 nitrogen and oxygen atoms in total. The average Bonchev–Trinajstić information content (AvgIpc) is 3.44. The normalized spacial score (nSPS) is 19.4. The molecule has 1 saturated heterocycles. The first kappa shape index (κ1) is 25.4. The van der Waals surface area contributed by atoms with Crippen LogP contribution in [0.1, 0.15) is 57.8 Å². The molecule has 5 rings (SSSR count). The number of ether oxygens (including phenoxy) is 1. The lowest BCUT2D eigenvalue weighted by atomic mass is 9.94. The molecule has 2 N–H and O–H groups in total. The zero-order chi connectivity index (χ0) is 26.2. The Hall–Kier alpha value is -3.27. The fraction of sp³-hybridized carbons (Fsp3) is 0.481. The molecule has 196 valence electrons. The zero-order valence-electron chi connectivity index (χ0n) is 22.1. The molecule has 3 aromatic heterocycles. The van der Waals surface area contributed by atoms with Gasteiger partial charge in [-0.25, -0.2) is 14.6 Å². The summed E-state index contributed by atoms with van der Waals surface area (Å²) in [5.41, 5.74) is 0.416. The van der Waals surface area contributed by atoms with Crippen LogP contribution in [0, 0.1) is 11.3 Å². The van der Waals surface area contributed by atoms with Crippen LogP contribution in [-0.4, -0.2) is 50.9 Å². The molecule has 1 atom stereocenters. The number of nitrogens with zero attached hydrogens (tertiary/aromatic N) is 5. The molecule has 2 aliphatic heterocycles. The molecule has 10 heteroatoms. The van der Waals surface area contributed by atoms with Crippen molar-refractivity contribution in [1.82, 2.24) is 24.5 Å². The summed E-state index contributed by atoms with van der Waals surface area (Å²) in [5, 5.41) is 8.74. The maximum atomic E-state index is 13.4. The van der Waals surface area contributed by atoms with E-state index >= 15 is 0 Å². The van der Waals surface area contributed by atoms with Gasteiger partial charge in [-0.15, -0.1) is 5.10 Å². The van der Waals surface area contributed by atoms with Crippen molar-refractivity contribution in [2.75, 3.05) is 29.9 Å². The third-order valence-corrected chi connectivity index (χ3v) is 7.33. The van der Waals surface area contributed by atoms with Gasteiger partial charge in [0.2, 0.25) is 5.88 Å². The van der Waals surface area contributed by atoms with Crippen molar-refractivity contribution in [3.05, 3.63) is 48.2 Å². The average molecular weight is 522 g/mol. The fourth-order valence-corrected chi connectivity index (χ4v) is 5.43. The van der Waals surface area contributed by atoms with Gasteiger partial charge in [0.1, 0.15) is 16.7 Å². The Morgan fingerprint density at radius 3 is 2.81 bits per heavy atom. The van der Waals surface area contributed by atoms with E-state index in [9.17, 15) is 4.79 Å². The maximum Gasteiger partial charge on any atom is 0.265 e. The summed E-state index contributed by atoms with van der Waals surface area (Å²) < 4.78 is 10.5. The lowest BCUT2D eigenvalue weighted by Crippen LogP contribution is -2.40. The van der Waals surface area contributed by atoms with Crippen molar-refractivity contribution in [3.8, 4) is 11.7 Å². The topological polar surface area (TPSA) is 97.2 Å². The number of hydrogen-bond acceptors (Lipinski definition) is 8. The number of carbonyl (C=O) groups excluding carboxylic acids is 1. The first-order valence-corrected chi connectivity index (χ1v) is 13.5. The summed E-state index contributed by atoms with van der Waals surface area (Å²) in [5.74, 6) is 2.94. The lowest BCUT2D eigenvalue weighted by molar-refractivity contribution is 0.0984. The van der Waals surface area contributed by atoms with Gasteiger partial charge in [0, 0.05) is 42.8 Å². The molecular formula is C27H35N7O2S. The van der Waals surface area contributed by atoms with Gasteiger partial charge in [-0.3, -0.25) is 9.52 Å². The molecule has 37 heavy (non-hydrogen) atoms. The predicted octanol–water partition coefficient (Wildman–Crippen LogP) is 4.94. The number of rotatable bonds is 3. The van der Waals surface area contributed by atoms with Gasteiger partial charge < -0.3 is 15.0 Å². The van der Waals surface area contributed by atoms with Crippen LogP contribution in [0.2, 0.25) is 0 Å². The van der Waals surface area contributed by atoms with E-state index in [-0.39, 0.29) is 16.9 Å². The highest BCUT2D eigenvalue weighted by Gasteiger charge is 2.40. The first-order valence-electron chi connectivity index (χ1n) is 12.7. The van der Waals surface area contributed by atoms with Crippen LogP contribution in [-0.2, 0) is 0 Å².